The zero-order valence-corrected chi connectivity index (χ0v) is 11.3. The maximum atomic E-state index is 13.8. The fraction of sp³-hybridized carbons (Fsp3) is 0.533. The fourth-order valence-electron chi connectivity index (χ4n) is 2.45. The SMILES string of the molecule is COc1ccc(C(=O)OC2CCCCC2C)c(F)c1. The van der Waals surface area contributed by atoms with Gasteiger partial charge in [-0.3, -0.25) is 0 Å². The van der Waals surface area contributed by atoms with Crippen molar-refractivity contribution in [3.8, 4) is 5.75 Å². The summed E-state index contributed by atoms with van der Waals surface area (Å²) >= 11 is 0. The molecule has 1 aliphatic rings. The van der Waals surface area contributed by atoms with E-state index in [9.17, 15) is 9.18 Å². The standard InChI is InChI=1S/C15H19FO3/c1-10-5-3-4-6-14(10)19-15(17)12-8-7-11(18-2)9-13(12)16/h7-10,14H,3-6H2,1-2H3. The number of esters is 1. The molecule has 1 aliphatic carbocycles. The molecule has 0 bridgehead atoms. The lowest BCUT2D eigenvalue weighted by atomic mass is 9.88. The van der Waals surface area contributed by atoms with Crippen molar-refractivity contribution in [2.24, 2.45) is 5.92 Å². The van der Waals surface area contributed by atoms with Crippen LogP contribution in [0, 0.1) is 11.7 Å². The molecule has 1 saturated carbocycles. The Labute approximate surface area is 112 Å². The van der Waals surface area contributed by atoms with Gasteiger partial charge in [0.05, 0.1) is 12.7 Å². The summed E-state index contributed by atoms with van der Waals surface area (Å²) in [4.78, 5) is 12.0. The minimum atomic E-state index is -0.604. The molecule has 1 aromatic carbocycles. The minimum Gasteiger partial charge on any atom is -0.497 e. The lowest BCUT2D eigenvalue weighted by Crippen LogP contribution is -2.28. The summed E-state index contributed by atoms with van der Waals surface area (Å²) in [5, 5.41) is 0. The molecule has 19 heavy (non-hydrogen) atoms. The van der Waals surface area contributed by atoms with Gasteiger partial charge in [0, 0.05) is 6.07 Å². The van der Waals surface area contributed by atoms with Gasteiger partial charge in [-0.2, -0.15) is 0 Å². The van der Waals surface area contributed by atoms with Gasteiger partial charge in [-0.05, 0) is 37.3 Å². The van der Waals surface area contributed by atoms with Crippen LogP contribution >= 0.6 is 0 Å². The molecule has 2 atom stereocenters. The summed E-state index contributed by atoms with van der Waals surface area (Å²) in [5.41, 5.74) is -0.0291. The third-order valence-corrected chi connectivity index (χ3v) is 3.69. The van der Waals surface area contributed by atoms with E-state index < -0.39 is 11.8 Å². The van der Waals surface area contributed by atoms with Gasteiger partial charge < -0.3 is 9.47 Å². The average molecular weight is 266 g/mol. The number of hydrogen-bond donors (Lipinski definition) is 0. The number of rotatable bonds is 3. The molecule has 0 saturated heterocycles. The molecule has 2 rings (SSSR count). The normalized spacial score (nSPS) is 22.9. The third-order valence-electron chi connectivity index (χ3n) is 3.69. The molecule has 1 aromatic rings. The maximum Gasteiger partial charge on any atom is 0.341 e. The second kappa shape index (κ2) is 6.04. The smallest absolute Gasteiger partial charge is 0.341 e. The highest BCUT2D eigenvalue weighted by Gasteiger charge is 2.26. The van der Waals surface area contributed by atoms with Crippen LogP contribution in [0.2, 0.25) is 0 Å². The van der Waals surface area contributed by atoms with Crippen molar-refractivity contribution in [2.45, 2.75) is 38.7 Å². The number of carbonyl (C=O) groups is 1. The van der Waals surface area contributed by atoms with Crippen molar-refractivity contribution in [1.29, 1.82) is 0 Å². The Bertz CT molecular complexity index is 459. The van der Waals surface area contributed by atoms with Crippen LogP contribution in [0.1, 0.15) is 43.0 Å². The first kappa shape index (κ1) is 13.8. The Kier molecular flexibility index (Phi) is 4.40. The van der Waals surface area contributed by atoms with Gasteiger partial charge in [0.1, 0.15) is 17.7 Å². The number of ether oxygens (including phenoxy) is 2. The molecule has 0 aliphatic heterocycles. The fourth-order valence-corrected chi connectivity index (χ4v) is 2.45. The van der Waals surface area contributed by atoms with Crippen LogP contribution in [-0.4, -0.2) is 19.2 Å². The lowest BCUT2D eigenvalue weighted by Gasteiger charge is -2.28. The molecule has 0 N–H and O–H groups in total. The van der Waals surface area contributed by atoms with Crippen LogP contribution in [0.3, 0.4) is 0 Å². The monoisotopic (exact) mass is 266 g/mol. The van der Waals surface area contributed by atoms with E-state index in [0.29, 0.717) is 11.7 Å². The summed E-state index contributed by atoms with van der Waals surface area (Å²) in [6.07, 6.45) is 4.07. The molecule has 0 spiro atoms. The topological polar surface area (TPSA) is 35.5 Å². The Balaban J connectivity index is 2.07. The number of benzene rings is 1. The van der Waals surface area contributed by atoms with Crippen molar-refractivity contribution in [2.75, 3.05) is 7.11 Å². The zero-order valence-electron chi connectivity index (χ0n) is 11.3. The van der Waals surface area contributed by atoms with Crippen molar-refractivity contribution in [3.63, 3.8) is 0 Å². The van der Waals surface area contributed by atoms with Crippen molar-refractivity contribution >= 4 is 5.97 Å². The quantitative estimate of drug-likeness (QED) is 0.785. The van der Waals surface area contributed by atoms with Gasteiger partial charge in [0.25, 0.3) is 0 Å². The molecule has 0 aromatic heterocycles. The second-order valence-corrected chi connectivity index (χ2v) is 5.05. The van der Waals surface area contributed by atoms with Gasteiger partial charge >= 0.3 is 5.97 Å². The van der Waals surface area contributed by atoms with Gasteiger partial charge in [-0.15, -0.1) is 0 Å². The van der Waals surface area contributed by atoms with Crippen molar-refractivity contribution < 1.29 is 18.7 Å². The van der Waals surface area contributed by atoms with Crippen molar-refractivity contribution in [3.05, 3.63) is 29.6 Å². The predicted octanol–water partition coefficient (Wildman–Crippen LogP) is 3.57. The maximum absolute atomic E-state index is 13.8. The molecule has 0 radical (unpaired) electrons. The number of hydrogen-bond acceptors (Lipinski definition) is 3. The second-order valence-electron chi connectivity index (χ2n) is 5.05. The van der Waals surface area contributed by atoms with Gasteiger partial charge in [-0.1, -0.05) is 13.3 Å². The Hall–Kier alpha value is -1.58. The molecule has 1 fully saturated rings. The summed E-state index contributed by atoms with van der Waals surface area (Å²) < 4.78 is 24.1. The van der Waals surface area contributed by atoms with Crippen LogP contribution in [0.4, 0.5) is 4.39 Å². The molecule has 4 heteroatoms. The van der Waals surface area contributed by atoms with E-state index in [-0.39, 0.29) is 11.7 Å². The molecule has 0 amide bonds. The largest absolute Gasteiger partial charge is 0.497 e. The number of methoxy groups -OCH3 is 1. The highest BCUT2D eigenvalue weighted by molar-refractivity contribution is 5.90. The number of carbonyl (C=O) groups excluding carboxylic acids is 1. The minimum absolute atomic E-state index is 0.0291. The van der Waals surface area contributed by atoms with Crippen molar-refractivity contribution in [1.82, 2.24) is 0 Å². The first-order valence-corrected chi connectivity index (χ1v) is 6.66. The summed E-state index contributed by atoms with van der Waals surface area (Å²) in [6, 6.07) is 4.16. The molecule has 104 valence electrons. The molecular formula is C15H19FO3. The van der Waals surface area contributed by atoms with Crippen LogP contribution in [0.5, 0.6) is 5.75 Å². The van der Waals surface area contributed by atoms with Crippen LogP contribution < -0.4 is 4.74 Å². The van der Waals surface area contributed by atoms with E-state index in [2.05, 4.69) is 6.92 Å². The van der Waals surface area contributed by atoms with E-state index in [1.165, 1.54) is 25.7 Å². The Morgan fingerprint density at radius 1 is 1.32 bits per heavy atom. The van der Waals surface area contributed by atoms with E-state index in [0.717, 1.165) is 19.3 Å². The zero-order chi connectivity index (χ0) is 13.8. The van der Waals surface area contributed by atoms with E-state index >= 15 is 0 Å². The molecule has 2 unspecified atom stereocenters. The van der Waals surface area contributed by atoms with E-state index in [4.69, 9.17) is 9.47 Å². The van der Waals surface area contributed by atoms with Crippen LogP contribution in [-0.2, 0) is 4.74 Å². The highest BCUT2D eigenvalue weighted by Crippen LogP contribution is 2.27. The van der Waals surface area contributed by atoms with Crippen LogP contribution in [0.15, 0.2) is 18.2 Å². The molecule has 0 heterocycles. The molecule has 3 nitrogen and oxygen atoms in total. The first-order valence-electron chi connectivity index (χ1n) is 6.66. The first-order chi connectivity index (χ1) is 9.11. The van der Waals surface area contributed by atoms with E-state index in [1.54, 1.807) is 6.07 Å². The van der Waals surface area contributed by atoms with Gasteiger partial charge in [-0.25, -0.2) is 9.18 Å². The molecular weight excluding hydrogens is 247 g/mol. The highest BCUT2D eigenvalue weighted by atomic mass is 19.1. The summed E-state index contributed by atoms with van der Waals surface area (Å²) in [7, 11) is 1.45. The Morgan fingerprint density at radius 2 is 2.05 bits per heavy atom. The van der Waals surface area contributed by atoms with Gasteiger partial charge in [0.15, 0.2) is 0 Å². The lowest BCUT2D eigenvalue weighted by molar-refractivity contribution is 0.00436. The number of halogens is 1. The Morgan fingerprint density at radius 3 is 2.68 bits per heavy atom. The third kappa shape index (κ3) is 3.25. The van der Waals surface area contributed by atoms with E-state index in [1.807, 2.05) is 0 Å². The summed E-state index contributed by atoms with van der Waals surface area (Å²) in [5.74, 6) is -0.453. The predicted molar refractivity (Wildman–Crippen MR) is 69.8 cm³/mol. The van der Waals surface area contributed by atoms with Gasteiger partial charge in [0.2, 0.25) is 0 Å². The average Bonchev–Trinajstić information content (AvgIpc) is 2.41. The van der Waals surface area contributed by atoms with Crippen LogP contribution in [0.25, 0.3) is 0 Å². The summed E-state index contributed by atoms with van der Waals surface area (Å²) in [6.45, 7) is 2.07.